The minimum absolute atomic E-state index is 0.0627. The summed E-state index contributed by atoms with van der Waals surface area (Å²) in [6, 6.07) is 10.5. The highest BCUT2D eigenvalue weighted by molar-refractivity contribution is 6.32. The maximum atomic E-state index is 9.32. The van der Waals surface area contributed by atoms with Crippen molar-refractivity contribution in [3.63, 3.8) is 0 Å². The van der Waals surface area contributed by atoms with Crippen molar-refractivity contribution in [3.05, 3.63) is 57.6 Å². The van der Waals surface area contributed by atoms with Crippen molar-refractivity contribution in [1.29, 1.82) is 0 Å². The SMILES string of the molecule is Cc1c(Cl)cccc1N=Cc1ccc(O)c(Cl)c1. The smallest absolute Gasteiger partial charge is 0.134 e. The number of rotatable bonds is 2. The number of phenols is 1. The summed E-state index contributed by atoms with van der Waals surface area (Å²) in [6.07, 6.45) is 1.68. The van der Waals surface area contributed by atoms with Crippen LogP contribution in [0.3, 0.4) is 0 Å². The molecule has 4 heteroatoms. The van der Waals surface area contributed by atoms with E-state index in [0.29, 0.717) is 10.0 Å². The fraction of sp³-hybridized carbons (Fsp3) is 0.0714. The van der Waals surface area contributed by atoms with Gasteiger partial charge in [-0.3, -0.25) is 4.99 Å². The van der Waals surface area contributed by atoms with Crippen LogP contribution in [-0.4, -0.2) is 11.3 Å². The zero-order valence-electron chi connectivity index (χ0n) is 9.69. The third kappa shape index (κ3) is 2.84. The topological polar surface area (TPSA) is 32.6 Å². The molecule has 0 fully saturated rings. The Morgan fingerprint density at radius 1 is 1.11 bits per heavy atom. The predicted octanol–water partition coefficient (Wildman–Crippen LogP) is 4.76. The average Bonchev–Trinajstić information content (AvgIpc) is 2.35. The van der Waals surface area contributed by atoms with Crippen molar-refractivity contribution in [2.45, 2.75) is 6.92 Å². The number of hydrogen-bond acceptors (Lipinski definition) is 2. The lowest BCUT2D eigenvalue weighted by atomic mass is 10.2. The second-order valence-corrected chi connectivity index (χ2v) is 4.67. The summed E-state index contributed by atoms with van der Waals surface area (Å²) in [5.74, 6) is 0.0627. The Kier molecular flexibility index (Phi) is 3.90. The van der Waals surface area contributed by atoms with E-state index >= 15 is 0 Å². The molecule has 0 aliphatic rings. The lowest BCUT2D eigenvalue weighted by Gasteiger charge is -2.02. The molecule has 2 nitrogen and oxygen atoms in total. The summed E-state index contributed by atoms with van der Waals surface area (Å²) in [5.41, 5.74) is 2.56. The highest BCUT2D eigenvalue weighted by Gasteiger charge is 2.00. The fourth-order valence-electron chi connectivity index (χ4n) is 1.48. The van der Waals surface area contributed by atoms with Crippen molar-refractivity contribution in [2.75, 3.05) is 0 Å². The molecule has 0 bridgehead atoms. The van der Waals surface area contributed by atoms with E-state index < -0.39 is 0 Å². The van der Waals surface area contributed by atoms with Crippen molar-refractivity contribution >= 4 is 35.1 Å². The minimum Gasteiger partial charge on any atom is -0.506 e. The summed E-state index contributed by atoms with van der Waals surface area (Å²) in [5, 5.41) is 10.3. The van der Waals surface area contributed by atoms with E-state index in [9.17, 15) is 5.11 Å². The lowest BCUT2D eigenvalue weighted by molar-refractivity contribution is 0.475. The van der Waals surface area contributed by atoms with Crippen LogP contribution in [0, 0.1) is 6.92 Å². The van der Waals surface area contributed by atoms with Gasteiger partial charge in [-0.15, -0.1) is 0 Å². The van der Waals surface area contributed by atoms with Gasteiger partial charge in [0, 0.05) is 11.2 Å². The number of halogens is 2. The summed E-state index contributed by atoms with van der Waals surface area (Å²) < 4.78 is 0. The molecule has 0 aliphatic carbocycles. The number of aromatic hydroxyl groups is 1. The molecule has 0 aliphatic heterocycles. The molecule has 0 heterocycles. The van der Waals surface area contributed by atoms with Gasteiger partial charge < -0.3 is 5.11 Å². The third-order valence-electron chi connectivity index (χ3n) is 2.56. The molecule has 0 unspecified atom stereocenters. The summed E-state index contributed by atoms with van der Waals surface area (Å²) in [6.45, 7) is 1.92. The van der Waals surface area contributed by atoms with Crippen LogP contribution in [0.4, 0.5) is 5.69 Å². The van der Waals surface area contributed by atoms with Gasteiger partial charge in [0.25, 0.3) is 0 Å². The summed E-state index contributed by atoms with van der Waals surface area (Å²) in [4.78, 5) is 4.36. The first-order valence-corrected chi connectivity index (χ1v) is 6.11. The van der Waals surface area contributed by atoms with Crippen LogP contribution in [0.2, 0.25) is 10.0 Å². The lowest BCUT2D eigenvalue weighted by Crippen LogP contribution is -1.82. The first kappa shape index (κ1) is 12.9. The highest BCUT2D eigenvalue weighted by Crippen LogP contribution is 2.26. The number of hydrogen-bond donors (Lipinski definition) is 1. The molecular formula is C14H11Cl2NO. The molecule has 18 heavy (non-hydrogen) atoms. The number of nitrogens with zero attached hydrogens (tertiary/aromatic N) is 1. The van der Waals surface area contributed by atoms with E-state index in [2.05, 4.69) is 4.99 Å². The highest BCUT2D eigenvalue weighted by atomic mass is 35.5. The van der Waals surface area contributed by atoms with Gasteiger partial charge in [-0.2, -0.15) is 0 Å². The molecule has 0 aromatic heterocycles. The second-order valence-electron chi connectivity index (χ2n) is 3.85. The Bertz CT molecular complexity index is 609. The summed E-state index contributed by atoms with van der Waals surface area (Å²) >= 11 is 11.8. The van der Waals surface area contributed by atoms with Gasteiger partial charge in [-0.1, -0.05) is 29.3 Å². The number of benzene rings is 2. The monoisotopic (exact) mass is 279 g/mol. The normalized spacial score (nSPS) is 11.1. The van der Waals surface area contributed by atoms with Gasteiger partial charge in [0.2, 0.25) is 0 Å². The van der Waals surface area contributed by atoms with E-state index in [1.807, 2.05) is 25.1 Å². The molecule has 0 radical (unpaired) electrons. The molecule has 2 aromatic carbocycles. The molecule has 0 spiro atoms. The van der Waals surface area contributed by atoms with Crippen molar-refractivity contribution in [1.82, 2.24) is 0 Å². The summed E-state index contributed by atoms with van der Waals surface area (Å²) in [7, 11) is 0. The van der Waals surface area contributed by atoms with Crippen LogP contribution in [0.5, 0.6) is 5.75 Å². The van der Waals surface area contributed by atoms with Crippen LogP contribution in [0.1, 0.15) is 11.1 Å². The quantitative estimate of drug-likeness (QED) is 0.790. The van der Waals surface area contributed by atoms with E-state index in [0.717, 1.165) is 16.8 Å². The Labute approximate surface area is 116 Å². The van der Waals surface area contributed by atoms with E-state index in [-0.39, 0.29) is 5.75 Å². The predicted molar refractivity (Wildman–Crippen MR) is 76.6 cm³/mol. The van der Waals surface area contributed by atoms with Gasteiger partial charge in [-0.25, -0.2) is 0 Å². The van der Waals surface area contributed by atoms with E-state index in [4.69, 9.17) is 23.2 Å². The van der Waals surface area contributed by atoms with Gasteiger partial charge in [-0.05, 0) is 48.4 Å². The van der Waals surface area contributed by atoms with Gasteiger partial charge >= 0.3 is 0 Å². The Hall–Kier alpha value is -1.51. The molecule has 2 aromatic rings. The standard InChI is InChI=1S/C14H11Cl2NO/c1-9-11(15)3-2-4-13(9)17-8-10-5-6-14(18)12(16)7-10/h2-8,18H,1H3. The molecule has 2 rings (SSSR count). The van der Waals surface area contributed by atoms with Crippen LogP contribution >= 0.6 is 23.2 Å². The zero-order chi connectivity index (χ0) is 13.1. The van der Waals surface area contributed by atoms with Crippen molar-refractivity contribution < 1.29 is 5.11 Å². The fourth-order valence-corrected chi connectivity index (χ4v) is 1.84. The Balaban J connectivity index is 2.30. The molecular weight excluding hydrogens is 269 g/mol. The molecule has 0 atom stereocenters. The maximum Gasteiger partial charge on any atom is 0.134 e. The second kappa shape index (κ2) is 5.42. The molecule has 0 saturated carbocycles. The van der Waals surface area contributed by atoms with Crippen molar-refractivity contribution in [3.8, 4) is 5.75 Å². The van der Waals surface area contributed by atoms with Gasteiger partial charge in [0.05, 0.1) is 10.7 Å². The van der Waals surface area contributed by atoms with Crippen LogP contribution in [-0.2, 0) is 0 Å². The van der Waals surface area contributed by atoms with Crippen molar-refractivity contribution in [2.24, 2.45) is 4.99 Å². The Morgan fingerprint density at radius 2 is 1.89 bits per heavy atom. The van der Waals surface area contributed by atoms with Crippen LogP contribution < -0.4 is 0 Å². The maximum absolute atomic E-state index is 9.32. The molecule has 1 N–H and O–H groups in total. The van der Waals surface area contributed by atoms with Crippen LogP contribution in [0.15, 0.2) is 41.4 Å². The van der Waals surface area contributed by atoms with E-state index in [1.54, 1.807) is 18.3 Å². The van der Waals surface area contributed by atoms with Gasteiger partial charge in [0.1, 0.15) is 5.75 Å². The third-order valence-corrected chi connectivity index (χ3v) is 3.28. The number of phenolic OH excluding ortho intramolecular Hbond substituents is 1. The molecule has 0 saturated heterocycles. The van der Waals surface area contributed by atoms with Crippen LogP contribution in [0.25, 0.3) is 0 Å². The molecule has 92 valence electrons. The Morgan fingerprint density at radius 3 is 2.61 bits per heavy atom. The van der Waals surface area contributed by atoms with E-state index in [1.165, 1.54) is 6.07 Å². The first-order chi connectivity index (χ1) is 8.58. The first-order valence-electron chi connectivity index (χ1n) is 5.35. The minimum atomic E-state index is 0.0627. The van der Waals surface area contributed by atoms with Gasteiger partial charge in [0.15, 0.2) is 0 Å². The largest absolute Gasteiger partial charge is 0.506 e. The average molecular weight is 280 g/mol. The number of aliphatic imine (C=N–C) groups is 1. The molecule has 0 amide bonds. The zero-order valence-corrected chi connectivity index (χ0v) is 11.2.